The summed E-state index contributed by atoms with van der Waals surface area (Å²) in [6, 6.07) is 14.3. The normalized spacial score (nSPS) is 10.1. The lowest BCUT2D eigenvalue weighted by atomic mass is 10.2. The van der Waals surface area contributed by atoms with Gasteiger partial charge in [-0.2, -0.15) is 0 Å². The number of nitrogens with one attached hydrogen (secondary N) is 3. The lowest BCUT2D eigenvalue weighted by molar-refractivity contribution is -0.114. The molecule has 0 atom stereocenters. The zero-order valence-corrected chi connectivity index (χ0v) is 15.2. The molecule has 0 heterocycles. The second-order valence-electron chi connectivity index (χ2n) is 5.70. The van der Waals surface area contributed by atoms with Crippen LogP contribution in [0.5, 0.6) is 5.75 Å². The number of ether oxygens (including phenoxy) is 1. The second kappa shape index (κ2) is 10.1. The molecule has 2 rings (SSSR count). The highest BCUT2D eigenvalue weighted by atomic mass is 16.5. The molecule has 3 N–H and O–H groups in total. The van der Waals surface area contributed by atoms with Crippen LogP contribution in [0.2, 0.25) is 0 Å². The predicted octanol–water partition coefficient (Wildman–Crippen LogP) is 3.28. The molecule has 0 fully saturated rings. The predicted molar refractivity (Wildman–Crippen MR) is 104 cm³/mol. The van der Waals surface area contributed by atoms with E-state index in [1.807, 2.05) is 32.0 Å². The van der Waals surface area contributed by atoms with E-state index in [0.29, 0.717) is 24.4 Å². The number of hydrogen-bond donors (Lipinski definition) is 3. The van der Waals surface area contributed by atoms with E-state index in [0.717, 1.165) is 17.9 Å². The summed E-state index contributed by atoms with van der Waals surface area (Å²) >= 11 is 0. The molecule has 0 radical (unpaired) electrons. The fourth-order valence-corrected chi connectivity index (χ4v) is 2.30. The highest BCUT2D eigenvalue weighted by Crippen LogP contribution is 2.17. The largest absolute Gasteiger partial charge is 0.494 e. The average molecular weight is 355 g/mol. The highest BCUT2D eigenvalue weighted by Gasteiger charge is 2.06. The molecule has 0 aromatic heterocycles. The van der Waals surface area contributed by atoms with Crippen molar-refractivity contribution in [2.75, 3.05) is 30.3 Å². The van der Waals surface area contributed by atoms with Gasteiger partial charge in [0.25, 0.3) is 5.91 Å². The van der Waals surface area contributed by atoms with Gasteiger partial charge in [0.05, 0.1) is 13.2 Å². The van der Waals surface area contributed by atoms with Crippen molar-refractivity contribution < 1.29 is 14.3 Å². The molecular weight excluding hydrogens is 330 g/mol. The summed E-state index contributed by atoms with van der Waals surface area (Å²) in [6.07, 6.45) is 0.897. The Morgan fingerprint density at radius 1 is 1.00 bits per heavy atom. The maximum atomic E-state index is 12.1. The first-order chi connectivity index (χ1) is 12.6. The first-order valence-corrected chi connectivity index (χ1v) is 8.77. The number of carbonyl (C=O) groups is 2. The second-order valence-corrected chi connectivity index (χ2v) is 5.70. The molecule has 0 aliphatic carbocycles. The third-order valence-corrected chi connectivity index (χ3v) is 3.56. The van der Waals surface area contributed by atoms with Crippen LogP contribution < -0.4 is 20.7 Å². The number of amides is 2. The number of anilines is 2. The smallest absolute Gasteiger partial charge is 0.251 e. The van der Waals surface area contributed by atoms with Gasteiger partial charge in [0.15, 0.2) is 0 Å². The highest BCUT2D eigenvalue weighted by molar-refractivity contribution is 5.95. The Labute approximate surface area is 153 Å². The topological polar surface area (TPSA) is 79.5 Å². The van der Waals surface area contributed by atoms with Gasteiger partial charge in [-0.1, -0.05) is 13.0 Å². The molecule has 6 heteroatoms. The van der Waals surface area contributed by atoms with E-state index in [9.17, 15) is 9.59 Å². The number of carbonyl (C=O) groups excluding carboxylic acids is 2. The van der Waals surface area contributed by atoms with Gasteiger partial charge in [-0.3, -0.25) is 9.59 Å². The van der Waals surface area contributed by atoms with Crippen molar-refractivity contribution in [3.8, 4) is 5.75 Å². The van der Waals surface area contributed by atoms with E-state index in [-0.39, 0.29) is 18.4 Å². The van der Waals surface area contributed by atoms with E-state index in [4.69, 9.17) is 4.74 Å². The van der Waals surface area contributed by atoms with Gasteiger partial charge in [-0.25, -0.2) is 0 Å². The van der Waals surface area contributed by atoms with E-state index in [1.54, 1.807) is 30.3 Å². The average Bonchev–Trinajstić information content (AvgIpc) is 2.65. The van der Waals surface area contributed by atoms with E-state index in [2.05, 4.69) is 16.0 Å². The van der Waals surface area contributed by atoms with Gasteiger partial charge in [-0.05, 0) is 49.7 Å². The van der Waals surface area contributed by atoms with E-state index in [1.165, 1.54) is 0 Å². The van der Waals surface area contributed by atoms with E-state index >= 15 is 0 Å². The first-order valence-electron chi connectivity index (χ1n) is 8.77. The molecule has 138 valence electrons. The Balaban J connectivity index is 1.83. The molecule has 2 aromatic rings. The van der Waals surface area contributed by atoms with Crippen LogP contribution in [0.4, 0.5) is 11.4 Å². The third kappa shape index (κ3) is 6.12. The molecule has 0 saturated carbocycles. The SMILES string of the molecule is CCCNC(=O)c1ccc(NCC(=O)Nc2cccc(OCC)c2)cc1. The van der Waals surface area contributed by atoms with Crippen LogP contribution in [0.15, 0.2) is 48.5 Å². The Morgan fingerprint density at radius 2 is 1.77 bits per heavy atom. The maximum Gasteiger partial charge on any atom is 0.251 e. The lowest BCUT2D eigenvalue weighted by Gasteiger charge is -2.10. The first kappa shape index (κ1) is 19.3. The van der Waals surface area contributed by atoms with Crippen LogP contribution in [-0.4, -0.2) is 31.5 Å². The quantitative estimate of drug-likeness (QED) is 0.645. The van der Waals surface area contributed by atoms with Crippen molar-refractivity contribution >= 4 is 23.2 Å². The van der Waals surface area contributed by atoms with Crippen molar-refractivity contribution in [2.45, 2.75) is 20.3 Å². The van der Waals surface area contributed by atoms with Crippen molar-refractivity contribution in [3.63, 3.8) is 0 Å². The number of benzene rings is 2. The molecule has 0 spiro atoms. The standard InChI is InChI=1S/C20H25N3O3/c1-3-12-21-20(25)15-8-10-16(11-9-15)22-14-19(24)23-17-6-5-7-18(13-17)26-4-2/h5-11,13,22H,3-4,12,14H2,1-2H3,(H,21,25)(H,23,24). The van der Waals surface area contributed by atoms with Crippen LogP contribution in [0, 0.1) is 0 Å². The van der Waals surface area contributed by atoms with Crippen molar-refractivity contribution in [1.82, 2.24) is 5.32 Å². The molecular formula is C20H25N3O3. The number of rotatable bonds is 9. The fraction of sp³-hybridized carbons (Fsp3) is 0.300. The third-order valence-electron chi connectivity index (χ3n) is 3.56. The van der Waals surface area contributed by atoms with Crippen molar-refractivity contribution in [2.24, 2.45) is 0 Å². The van der Waals surface area contributed by atoms with Gasteiger partial charge in [0, 0.05) is 29.5 Å². The number of hydrogen-bond acceptors (Lipinski definition) is 4. The Morgan fingerprint density at radius 3 is 2.46 bits per heavy atom. The summed E-state index contributed by atoms with van der Waals surface area (Å²) in [6.45, 7) is 5.27. The minimum atomic E-state index is -0.164. The fourth-order valence-electron chi connectivity index (χ4n) is 2.30. The van der Waals surface area contributed by atoms with Crippen LogP contribution in [0.1, 0.15) is 30.6 Å². The van der Waals surface area contributed by atoms with Crippen LogP contribution >= 0.6 is 0 Å². The van der Waals surface area contributed by atoms with Gasteiger partial charge >= 0.3 is 0 Å². The van der Waals surface area contributed by atoms with Gasteiger partial charge in [-0.15, -0.1) is 0 Å². The maximum absolute atomic E-state index is 12.1. The molecule has 0 bridgehead atoms. The summed E-state index contributed by atoms with van der Waals surface area (Å²) in [4.78, 5) is 23.9. The zero-order chi connectivity index (χ0) is 18.8. The molecule has 26 heavy (non-hydrogen) atoms. The van der Waals surface area contributed by atoms with Gasteiger partial charge in [0.1, 0.15) is 5.75 Å². The summed E-state index contributed by atoms with van der Waals surface area (Å²) < 4.78 is 5.41. The minimum Gasteiger partial charge on any atom is -0.494 e. The summed E-state index contributed by atoms with van der Waals surface area (Å²) in [5.41, 5.74) is 2.06. The monoisotopic (exact) mass is 355 g/mol. The molecule has 0 unspecified atom stereocenters. The summed E-state index contributed by atoms with van der Waals surface area (Å²) in [5, 5.41) is 8.68. The van der Waals surface area contributed by atoms with Gasteiger partial charge in [0.2, 0.25) is 5.91 Å². The molecule has 6 nitrogen and oxygen atoms in total. The molecule has 2 amide bonds. The lowest BCUT2D eigenvalue weighted by Crippen LogP contribution is -2.24. The molecule has 0 aliphatic rings. The Hall–Kier alpha value is -3.02. The van der Waals surface area contributed by atoms with Crippen LogP contribution in [0.3, 0.4) is 0 Å². The van der Waals surface area contributed by atoms with Crippen molar-refractivity contribution in [3.05, 3.63) is 54.1 Å². The summed E-state index contributed by atoms with van der Waals surface area (Å²) in [7, 11) is 0. The molecule has 2 aromatic carbocycles. The van der Waals surface area contributed by atoms with Crippen LogP contribution in [0.25, 0.3) is 0 Å². The van der Waals surface area contributed by atoms with Crippen LogP contribution in [-0.2, 0) is 4.79 Å². The zero-order valence-electron chi connectivity index (χ0n) is 15.2. The van der Waals surface area contributed by atoms with Crippen molar-refractivity contribution in [1.29, 1.82) is 0 Å². The summed E-state index contributed by atoms with van der Waals surface area (Å²) in [5.74, 6) is 0.462. The molecule has 0 saturated heterocycles. The molecule has 0 aliphatic heterocycles. The minimum absolute atomic E-state index is 0.0923. The Kier molecular flexibility index (Phi) is 7.49. The Bertz CT molecular complexity index is 729. The van der Waals surface area contributed by atoms with E-state index < -0.39 is 0 Å². The van der Waals surface area contributed by atoms with Gasteiger partial charge < -0.3 is 20.7 Å².